The zero-order valence-electron chi connectivity index (χ0n) is 25.0. The van der Waals surface area contributed by atoms with Crippen molar-refractivity contribution in [3.05, 3.63) is 69.9 Å². The molecular weight excluding hydrogens is 554 g/mol. The summed E-state index contributed by atoms with van der Waals surface area (Å²) in [5.41, 5.74) is 5.03. The maximum Gasteiger partial charge on any atom is 0.426 e. The maximum atomic E-state index is 13.8. The first-order valence-electron chi connectivity index (χ1n) is 14.4. The van der Waals surface area contributed by atoms with Gasteiger partial charge in [0.15, 0.2) is 0 Å². The third-order valence-corrected chi connectivity index (χ3v) is 8.02. The number of piperazine rings is 1. The highest BCUT2D eigenvalue weighted by molar-refractivity contribution is 6.34. The Balaban J connectivity index is 1.19. The van der Waals surface area contributed by atoms with Crippen molar-refractivity contribution in [3.8, 4) is 0 Å². The summed E-state index contributed by atoms with van der Waals surface area (Å²) in [7, 11) is 1.87. The molecule has 11 heteroatoms. The zero-order valence-corrected chi connectivity index (χ0v) is 25.8. The number of hydrogen-bond donors (Lipinski definition) is 2. The third-order valence-electron chi connectivity index (χ3n) is 7.71. The molecule has 2 aliphatic rings. The molecule has 5 rings (SSSR count). The average Bonchev–Trinajstić information content (AvgIpc) is 3.19. The van der Waals surface area contributed by atoms with Crippen LogP contribution in [0.2, 0.25) is 5.02 Å². The number of fused-ring (bicyclic) bond motifs is 2. The van der Waals surface area contributed by atoms with Crippen LogP contribution in [0.1, 0.15) is 54.2 Å². The number of halogens is 1. The Labute approximate surface area is 252 Å². The summed E-state index contributed by atoms with van der Waals surface area (Å²) in [4.78, 5) is 35.9. The van der Waals surface area contributed by atoms with Crippen molar-refractivity contribution in [2.24, 2.45) is 12.5 Å². The van der Waals surface area contributed by atoms with E-state index in [1.807, 2.05) is 32.2 Å². The van der Waals surface area contributed by atoms with Gasteiger partial charge < -0.3 is 25.3 Å². The Kier molecular flexibility index (Phi) is 8.77. The lowest BCUT2D eigenvalue weighted by molar-refractivity contribution is -0.123. The van der Waals surface area contributed by atoms with Gasteiger partial charge in [0.1, 0.15) is 5.82 Å². The number of nitrogens with zero attached hydrogens (tertiary/aromatic N) is 5. The van der Waals surface area contributed by atoms with E-state index in [1.54, 1.807) is 39.0 Å². The number of rotatable bonds is 6. The molecule has 2 aromatic carbocycles. The van der Waals surface area contributed by atoms with Gasteiger partial charge in [0.25, 0.3) is 5.91 Å². The Morgan fingerprint density at radius 1 is 1.10 bits per heavy atom. The summed E-state index contributed by atoms with van der Waals surface area (Å²) in [5, 5.41) is 12.6. The smallest absolute Gasteiger partial charge is 0.351 e. The number of aromatic nitrogens is 2. The molecule has 2 N–H and O–H groups in total. The molecule has 10 nitrogen and oxygen atoms in total. The molecule has 0 saturated carbocycles. The summed E-state index contributed by atoms with van der Waals surface area (Å²) in [6, 6.07) is 11.2. The predicted molar refractivity (Wildman–Crippen MR) is 165 cm³/mol. The van der Waals surface area contributed by atoms with Gasteiger partial charge in [0.05, 0.1) is 34.7 Å². The van der Waals surface area contributed by atoms with Gasteiger partial charge >= 0.3 is 6.09 Å². The van der Waals surface area contributed by atoms with Gasteiger partial charge in [-0.2, -0.15) is 5.10 Å². The third kappa shape index (κ3) is 7.06. The van der Waals surface area contributed by atoms with Crippen molar-refractivity contribution >= 4 is 40.8 Å². The van der Waals surface area contributed by atoms with E-state index >= 15 is 0 Å². The zero-order chi connectivity index (χ0) is 30.0. The monoisotopic (exact) mass is 593 g/mol. The predicted octanol–water partition coefficient (Wildman–Crippen LogP) is 5.48. The fraction of sp³-hybridized carbons (Fsp3) is 0.452. The number of benzene rings is 2. The van der Waals surface area contributed by atoms with Crippen molar-refractivity contribution in [2.75, 3.05) is 42.9 Å². The lowest BCUT2D eigenvalue weighted by atomic mass is 9.92. The van der Waals surface area contributed by atoms with Crippen LogP contribution in [-0.4, -0.2) is 64.5 Å². The van der Waals surface area contributed by atoms with E-state index in [4.69, 9.17) is 16.4 Å². The molecule has 0 spiro atoms. The van der Waals surface area contributed by atoms with Crippen molar-refractivity contribution in [1.82, 2.24) is 25.1 Å². The van der Waals surface area contributed by atoms with Crippen LogP contribution in [0.3, 0.4) is 0 Å². The molecule has 3 aromatic rings. The molecule has 1 fully saturated rings. The molecule has 224 valence electrons. The van der Waals surface area contributed by atoms with E-state index in [1.165, 1.54) is 0 Å². The van der Waals surface area contributed by atoms with E-state index < -0.39 is 6.09 Å². The van der Waals surface area contributed by atoms with Crippen LogP contribution in [0.5, 0.6) is 0 Å². The van der Waals surface area contributed by atoms with Gasteiger partial charge in [0, 0.05) is 45.3 Å². The van der Waals surface area contributed by atoms with Gasteiger partial charge in [-0.05, 0) is 60.7 Å². The molecular formula is C31H40ClN7O3. The van der Waals surface area contributed by atoms with E-state index in [-0.39, 0.29) is 12.5 Å². The second-order valence-corrected chi connectivity index (χ2v) is 12.7. The van der Waals surface area contributed by atoms with Crippen LogP contribution in [0.25, 0.3) is 0 Å². The number of anilines is 3. The topological polar surface area (TPSA) is 95.0 Å². The number of carbonyl (C=O) groups excluding carboxylic acids is 2. The number of hydroxylamine groups is 2. The SMILES string of the molecule is Cc1ccc2c(c1)Nc1c(cnn1C)CN2C(=O)c1ccc(CNC(=O)ON2CCN(CCC(C)(C)C)CC2)cc1Cl. The highest BCUT2D eigenvalue weighted by atomic mass is 35.5. The van der Waals surface area contributed by atoms with Gasteiger partial charge in [-0.3, -0.25) is 9.48 Å². The van der Waals surface area contributed by atoms with Gasteiger partial charge in [-0.1, -0.05) is 44.5 Å². The quantitative estimate of drug-likeness (QED) is 0.391. The molecule has 0 unspecified atom stereocenters. The van der Waals surface area contributed by atoms with Crippen molar-refractivity contribution < 1.29 is 14.4 Å². The van der Waals surface area contributed by atoms with Crippen LogP contribution in [-0.2, 0) is 25.0 Å². The number of carbonyl (C=O) groups is 2. The first-order chi connectivity index (χ1) is 20.0. The molecule has 42 heavy (non-hydrogen) atoms. The standard InChI is InChI=1S/C31H40ClN7O3/c1-21-6-9-27-26(16-21)35-28-23(19-34-36(28)5)20-39(27)29(40)24-8-7-22(17-25(24)32)18-33-30(41)42-38-14-12-37(13-15-38)11-10-31(2,3)4/h6-9,16-17,19,35H,10-15,18,20H2,1-5H3,(H,33,41). The van der Waals surface area contributed by atoms with Gasteiger partial charge in [-0.25, -0.2) is 4.79 Å². The minimum Gasteiger partial charge on any atom is -0.351 e. The molecule has 0 radical (unpaired) electrons. The van der Waals surface area contributed by atoms with E-state index in [0.717, 1.165) is 59.9 Å². The molecule has 0 aliphatic carbocycles. The minimum atomic E-state index is -0.509. The Hall–Kier alpha value is -3.60. The normalized spacial score (nSPS) is 15.8. The van der Waals surface area contributed by atoms with Crippen molar-refractivity contribution in [2.45, 2.75) is 47.2 Å². The molecule has 0 bridgehead atoms. The Morgan fingerprint density at radius 3 is 2.57 bits per heavy atom. The summed E-state index contributed by atoms with van der Waals surface area (Å²) >= 11 is 6.64. The molecule has 1 saturated heterocycles. The lowest BCUT2D eigenvalue weighted by Crippen LogP contribution is -2.48. The van der Waals surface area contributed by atoms with E-state index in [2.05, 4.69) is 41.4 Å². The second kappa shape index (κ2) is 12.3. The van der Waals surface area contributed by atoms with Crippen LogP contribution >= 0.6 is 11.6 Å². The fourth-order valence-corrected chi connectivity index (χ4v) is 5.44. The Morgan fingerprint density at radius 2 is 1.86 bits per heavy atom. The first kappa shape index (κ1) is 29.9. The summed E-state index contributed by atoms with van der Waals surface area (Å²) in [6.07, 6.45) is 2.39. The summed E-state index contributed by atoms with van der Waals surface area (Å²) in [5.74, 6) is 0.628. The van der Waals surface area contributed by atoms with Crippen LogP contribution in [0.4, 0.5) is 22.0 Å². The number of hydrogen-bond acceptors (Lipinski definition) is 7. The molecule has 2 amide bonds. The van der Waals surface area contributed by atoms with Crippen LogP contribution < -0.4 is 15.5 Å². The van der Waals surface area contributed by atoms with E-state index in [0.29, 0.717) is 35.6 Å². The van der Waals surface area contributed by atoms with Gasteiger partial charge in [-0.15, -0.1) is 5.06 Å². The molecule has 3 heterocycles. The molecule has 1 aromatic heterocycles. The Bertz CT molecular complexity index is 1460. The fourth-order valence-electron chi connectivity index (χ4n) is 5.16. The number of aryl methyl sites for hydroxylation is 2. The second-order valence-electron chi connectivity index (χ2n) is 12.3. The van der Waals surface area contributed by atoms with Crippen molar-refractivity contribution in [3.63, 3.8) is 0 Å². The van der Waals surface area contributed by atoms with Crippen molar-refractivity contribution in [1.29, 1.82) is 0 Å². The minimum absolute atomic E-state index is 0.218. The van der Waals surface area contributed by atoms with Crippen LogP contribution in [0, 0.1) is 12.3 Å². The largest absolute Gasteiger partial charge is 0.426 e. The molecule has 0 atom stereocenters. The number of nitrogens with one attached hydrogen (secondary N) is 2. The highest BCUT2D eigenvalue weighted by Crippen LogP contribution is 2.37. The lowest BCUT2D eigenvalue weighted by Gasteiger charge is -2.34. The summed E-state index contributed by atoms with van der Waals surface area (Å²) in [6.45, 7) is 13.5. The van der Waals surface area contributed by atoms with E-state index in [9.17, 15) is 9.59 Å². The summed E-state index contributed by atoms with van der Waals surface area (Å²) < 4.78 is 1.77. The maximum absolute atomic E-state index is 13.8. The number of amides is 2. The first-order valence-corrected chi connectivity index (χ1v) is 14.8. The average molecular weight is 594 g/mol. The van der Waals surface area contributed by atoms with Gasteiger partial charge in [0.2, 0.25) is 0 Å². The van der Waals surface area contributed by atoms with Crippen LogP contribution in [0.15, 0.2) is 42.6 Å². The molecule has 2 aliphatic heterocycles. The highest BCUT2D eigenvalue weighted by Gasteiger charge is 2.28.